The zero-order valence-corrected chi connectivity index (χ0v) is 33.7. The van der Waals surface area contributed by atoms with Crippen LogP contribution in [-0.4, -0.2) is 16.8 Å². The van der Waals surface area contributed by atoms with Crippen molar-refractivity contribution >= 4 is 45.4 Å². The van der Waals surface area contributed by atoms with Crippen LogP contribution in [0.25, 0.3) is 10.9 Å². The minimum absolute atomic E-state index is 0.0245. The van der Waals surface area contributed by atoms with Gasteiger partial charge in [0.25, 0.3) is 6.71 Å². The molecule has 3 nitrogen and oxygen atoms in total. The quantitative estimate of drug-likeness (QED) is 0.161. The lowest BCUT2D eigenvalue weighted by Crippen LogP contribution is -2.70. The molecule has 9 atom stereocenters. The zero-order valence-electron chi connectivity index (χ0n) is 33.7. The summed E-state index contributed by atoms with van der Waals surface area (Å²) in [5.74, 6) is 7.05. The van der Waals surface area contributed by atoms with Crippen LogP contribution >= 0.6 is 0 Å². The molecule has 54 heavy (non-hydrogen) atoms. The molecule has 4 heteroatoms. The van der Waals surface area contributed by atoms with Crippen molar-refractivity contribution in [3.8, 4) is 11.6 Å². The summed E-state index contributed by atoms with van der Waals surface area (Å²) in [5, 5.41) is 1.42. The number of para-hydroxylation sites is 1. The monoisotopic (exact) mass is 716 g/mol. The van der Waals surface area contributed by atoms with E-state index in [9.17, 15) is 0 Å². The molecule has 5 aliphatic carbocycles. The van der Waals surface area contributed by atoms with Gasteiger partial charge >= 0.3 is 0 Å². The number of ether oxygens (including phenoxy) is 1. The van der Waals surface area contributed by atoms with Gasteiger partial charge in [0.15, 0.2) is 5.88 Å². The first-order valence-electron chi connectivity index (χ1n) is 22.6. The summed E-state index contributed by atoms with van der Waals surface area (Å²) in [6.45, 7) is 13.1. The van der Waals surface area contributed by atoms with Crippen LogP contribution in [0.5, 0.6) is 11.6 Å². The second-order valence-electron chi connectivity index (χ2n) is 21.0. The molecule has 12 rings (SSSR count). The van der Waals surface area contributed by atoms with E-state index in [1.165, 1.54) is 129 Å². The van der Waals surface area contributed by atoms with Crippen molar-refractivity contribution in [2.45, 2.75) is 153 Å². The van der Waals surface area contributed by atoms with Gasteiger partial charge < -0.3 is 14.2 Å². The Labute approximate surface area is 324 Å². The molecule has 5 fully saturated rings. The molecule has 0 bridgehead atoms. The maximum atomic E-state index is 7.52. The minimum Gasteiger partial charge on any atom is -0.442 e. The molecule has 4 aromatic rings. The highest BCUT2D eigenvalue weighted by Gasteiger charge is 2.71. The zero-order chi connectivity index (χ0) is 36.3. The summed E-state index contributed by atoms with van der Waals surface area (Å²) in [7, 11) is 0. The Kier molecular flexibility index (Phi) is 6.89. The van der Waals surface area contributed by atoms with Gasteiger partial charge in [-0.2, -0.15) is 0 Å². The number of hydrogen-bond acceptors (Lipinski definition) is 2. The van der Waals surface area contributed by atoms with E-state index in [1.54, 1.807) is 16.7 Å². The van der Waals surface area contributed by atoms with Gasteiger partial charge in [0.05, 0.1) is 11.1 Å². The Bertz CT molecular complexity index is 2210. The van der Waals surface area contributed by atoms with E-state index in [-0.39, 0.29) is 23.1 Å². The molecule has 0 saturated heterocycles. The summed E-state index contributed by atoms with van der Waals surface area (Å²) in [4.78, 5) is 3.01. The van der Waals surface area contributed by atoms with Crippen LogP contribution in [0.2, 0.25) is 0 Å². The summed E-state index contributed by atoms with van der Waals surface area (Å²) in [6, 6.07) is 22.6. The minimum atomic E-state index is 0.0245. The molecule has 1 aromatic heterocycles. The Morgan fingerprint density at radius 2 is 1.41 bits per heavy atom. The van der Waals surface area contributed by atoms with Crippen molar-refractivity contribution in [3.05, 3.63) is 65.7 Å². The highest BCUT2D eigenvalue weighted by molar-refractivity contribution is 7.00. The van der Waals surface area contributed by atoms with Gasteiger partial charge in [-0.15, -0.1) is 0 Å². The predicted molar refractivity (Wildman–Crippen MR) is 225 cm³/mol. The Hall–Kier alpha value is -3.14. The Balaban J connectivity index is 1.16. The van der Waals surface area contributed by atoms with Gasteiger partial charge in [0, 0.05) is 28.3 Å². The Morgan fingerprint density at radius 3 is 2.22 bits per heavy atom. The maximum Gasteiger partial charge on any atom is 0.259 e. The van der Waals surface area contributed by atoms with Crippen molar-refractivity contribution in [3.63, 3.8) is 0 Å². The van der Waals surface area contributed by atoms with Crippen LogP contribution in [0, 0.1) is 35.5 Å². The number of aromatic nitrogens is 1. The van der Waals surface area contributed by atoms with Gasteiger partial charge in [0.1, 0.15) is 5.75 Å². The van der Waals surface area contributed by atoms with Crippen LogP contribution < -0.4 is 26.0 Å². The third-order valence-corrected chi connectivity index (χ3v) is 18.1. The molecule has 8 aliphatic rings. The van der Waals surface area contributed by atoms with E-state index in [4.69, 9.17) is 4.74 Å². The van der Waals surface area contributed by atoms with Gasteiger partial charge in [-0.1, -0.05) is 122 Å². The molecule has 0 amide bonds. The van der Waals surface area contributed by atoms with Crippen molar-refractivity contribution in [1.29, 1.82) is 0 Å². The van der Waals surface area contributed by atoms with E-state index >= 15 is 0 Å². The molecule has 280 valence electrons. The van der Waals surface area contributed by atoms with Gasteiger partial charge in [0.2, 0.25) is 0 Å². The fourth-order valence-electron chi connectivity index (χ4n) is 15.8. The molecule has 0 spiro atoms. The van der Waals surface area contributed by atoms with E-state index in [1.807, 2.05) is 0 Å². The summed E-state index contributed by atoms with van der Waals surface area (Å²) in [5.41, 5.74) is 12.3. The van der Waals surface area contributed by atoms with E-state index in [0.717, 1.165) is 41.2 Å². The lowest BCUT2D eigenvalue weighted by Gasteiger charge is -2.66. The molecule has 3 aliphatic heterocycles. The average molecular weight is 717 g/mol. The summed E-state index contributed by atoms with van der Waals surface area (Å²) >= 11 is 0. The summed E-state index contributed by atoms with van der Waals surface area (Å²) in [6.07, 6.45) is 20.9. The summed E-state index contributed by atoms with van der Waals surface area (Å²) < 4.78 is 10.3. The molecular weight excluding hydrogens is 655 g/mol. The second kappa shape index (κ2) is 11.3. The van der Waals surface area contributed by atoms with Crippen LogP contribution in [0.4, 0.5) is 11.4 Å². The van der Waals surface area contributed by atoms with E-state index in [0.29, 0.717) is 12.0 Å². The predicted octanol–water partition coefficient (Wildman–Crippen LogP) is 11.2. The smallest absolute Gasteiger partial charge is 0.259 e. The second-order valence-corrected chi connectivity index (χ2v) is 21.0. The number of benzene rings is 3. The van der Waals surface area contributed by atoms with Gasteiger partial charge in [-0.25, -0.2) is 0 Å². The van der Waals surface area contributed by atoms with Crippen molar-refractivity contribution in [2.24, 2.45) is 35.5 Å². The van der Waals surface area contributed by atoms with Crippen LogP contribution in [0.3, 0.4) is 0 Å². The van der Waals surface area contributed by atoms with Crippen LogP contribution in [0.1, 0.15) is 148 Å². The van der Waals surface area contributed by atoms with Crippen molar-refractivity contribution in [1.82, 2.24) is 4.57 Å². The van der Waals surface area contributed by atoms with Gasteiger partial charge in [-0.05, 0) is 132 Å². The number of fused-ring (bicyclic) bond motifs is 15. The largest absolute Gasteiger partial charge is 0.442 e. The van der Waals surface area contributed by atoms with E-state index < -0.39 is 0 Å². The number of anilines is 2. The number of rotatable bonds is 1. The topological polar surface area (TPSA) is 17.4 Å². The van der Waals surface area contributed by atoms with Crippen molar-refractivity contribution in [2.75, 3.05) is 4.90 Å². The fourth-order valence-corrected chi connectivity index (χ4v) is 15.8. The first kappa shape index (κ1) is 33.0. The first-order chi connectivity index (χ1) is 26.2. The van der Waals surface area contributed by atoms with Crippen molar-refractivity contribution < 1.29 is 4.74 Å². The van der Waals surface area contributed by atoms with E-state index in [2.05, 4.69) is 98.7 Å². The van der Waals surface area contributed by atoms with Gasteiger partial charge in [-0.3, -0.25) is 0 Å². The fraction of sp³-hybridized carbons (Fsp3) is 0.600. The molecule has 9 unspecified atom stereocenters. The highest BCUT2D eigenvalue weighted by atomic mass is 16.5. The molecular formula is C50H61BN2O. The lowest BCUT2D eigenvalue weighted by atomic mass is 9.34. The Morgan fingerprint density at radius 1 is 0.704 bits per heavy atom. The third-order valence-electron chi connectivity index (χ3n) is 18.1. The lowest BCUT2D eigenvalue weighted by molar-refractivity contribution is -0.0768. The highest BCUT2D eigenvalue weighted by Crippen LogP contribution is 2.71. The maximum absolute atomic E-state index is 7.52. The van der Waals surface area contributed by atoms with Crippen LogP contribution in [-0.2, 0) is 10.8 Å². The molecule has 5 saturated carbocycles. The number of hydrogen-bond donors (Lipinski definition) is 0. The van der Waals surface area contributed by atoms with Crippen LogP contribution in [0.15, 0.2) is 54.6 Å². The SMILES string of the molecule is CC(C)(C)c1cc2c3c(c1)C1(C)C4CCCCC4C4CCCCC4C1(C)N3c1cccc3c1B2c1c(n(C2CCCC4CCCCC42)c2ccccc12)O3. The molecule has 0 N–H and O–H groups in total. The third kappa shape index (κ3) is 3.97. The molecule has 4 heterocycles. The normalized spacial score (nSPS) is 35.9. The molecule has 0 radical (unpaired) electrons. The standard InChI is InChI=1S/C50H61BN2O/c1-48(2,3)31-28-38-46-39(29-31)51-44-35-21-10-13-24-41(35)52(40-25-14-17-30-16-6-7-18-32(30)40)47(44)54-43-27-15-26-42(45(43)51)53(46)50(5)37-23-12-9-20-34(37)33-19-8-11-22-36(33)49(38,50)4/h10,13,15,21,24,26-30,32-34,36-37,40H,6-9,11-12,14,16-20,22-23,25H2,1-5H3. The first-order valence-corrected chi connectivity index (χ1v) is 22.6. The number of nitrogens with zero attached hydrogens (tertiary/aromatic N) is 2. The molecule has 3 aromatic carbocycles. The average Bonchev–Trinajstić information content (AvgIpc) is 3.63.